The molecule has 51 heavy (non-hydrogen) atoms. The molecule has 0 saturated carbocycles. The predicted octanol–water partition coefficient (Wildman–Crippen LogP) is 5.51. The lowest BCUT2D eigenvalue weighted by Gasteiger charge is -2.40. The number of fused-ring (bicyclic) bond motifs is 1. The molecule has 1 aliphatic heterocycles. The average molecular weight is 712 g/mol. The fourth-order valence-electron chi connectivity index (χ4n) is 5.68. The maximum atomic E-state index is 13.6. The summed E-state index contributed by atoms with van der Waals surface area (Å²) >= 11 is 0. The van der Waals surface area contributed by atoms with E-state index in [0.717, 1.165) is 22.3 Å². The third kappa shape index (κ3) is 15.5. The van der Waals surface area contributed by atoms with Crippen molar-refractivity contribution in [3.05, 3.63) is 83.2 Å². The number of hydrogen-bond acceptors (Lipinski definition) is 9. The van der Waals surface area contributed by atoms with Crippen molar-refractivity contribution in [2.75, 3.05) is 65.9 Å². The van der Waals surface area contributed by atoms with Crippen LogP contribution in [-0.4, -0.2) is 87.6 Å². The van der Waals surface area contributed by atoms with E-state index in [0.29, 0.717) is 78.1 Å². The van der Waals surface area contributed by atoms with E-state index in [1.165, 1.54) is 6.20 Å². The molecule has 2 unspecified atom stereocenters. The molecule has 1 aliphatic rings. The van der Waals surface area contributed by atoms with E-state index in [9.17, 15) is 9.59 Å². The Morgan fingerprint density at radius 1 is 1.04 bits per heavy atom. The number of carbonyl (C=O) groups excluding carboxylic acids is 2. The lowest BCUT2D eigenvalue weighted by atomic mass is 9.81. The number of nitrogens with two attached hydrogens (primary N) is 2. The molecular formula is C40H65N5O6. The van der Waals surface area contributed by atoms with Gasteiger partial charge in [0.1, 0.15) is 0 Å². The van der Waals surface area contributed by atoms with Crippen molar-refractivity contribution in [1.29, 1.82) is 0 Å². The molecular weight excluding hydrogens is 646 g/mol. The van der Waals surface area contributed by atoms with Gasteiger partial charge in [-0.15, -0.1) is 6.42 Å². The fourth-order valence-corrected chi connectivity index (χ4v) is 5.68. The largest absolute Gasteiger partial charge is 0.399 e. The molecule has 11 heteroatoms. The van der Waals surface area contributed by atoms with Crippen molar-refractivity contribution >= 4 is 11.8 Å². The second kappa shape index (κ2) is 27.8. The Balaban J connectivity index is 0.00000140. The van der Waals surface area contributed by atoms with Crippen molar-refractivity contribution < 1.29 is 28.5 Å². The number of amides is 2. The summed E-state index contributed by atoms with van der Waals surface area (Å²) in [6, 6.07) is 8.12. The van der Waals surface area contributed by atoms with Crippen molar-refractivity contribution in [2.24, 2.45) is 11.6 Å². The van der Waals surface area contributed by atoms with Gasteiger partial charge in [-0.1, -0.05) is 63.6 Å². The molecule has 0 saturated heterocycles. The zero-order valence-electron chi connectivity index (χ0n) is 32.5. The van der Waals surface area contributed by atoms with E-state index in [1.807, 2.05) is 70.7 Å². The number of hydrazine groups is 1. The van der Waals surface area contributed by atoms with E-state index < -0.39 is 5.54 Å². The molecule has 1 aromatic carbocycles. The normalized spacial score (nSPS) is 16.9. The van der Waals surface area contributed by atoms with Crippen LogP contribution in [0.25, 0.3) is 0 Å². The molecule has 2 atom stereocenters. The molecule has 0 aliphatic carbocycles. The third-order valence-electron chi connectivity index (χ3n) is 8.13. The monoisotopic (exact) mass is 711 g/mol. The Morgan fingerprint density at radius 2 is 1.61 bits per heavy atom. The number of allylic oxidation sites excluding steroid dienone is 3. The van der Waals surface area contributed by atoms with Gasteiger partial charge >= 0.3 is 0 Å². The highest BCUT2D eigenvalue weighted by atomic mass is 16.6. The average Bonchev–Trinajstić information content (AvgIpc) is 3.37. The Morgan fingerprint density at radius 3 is 2.12 bits per heavy atom. The van der Waals surface area contributed by atoms with Crippen LogP contribution in [0.15, 0.2) is 72.1 Å². The van der Waals surface area contributed by atoms with Crippen molar-refractivity contribution in [3.63, 3.8) is 0 Å². The minimum absolute atomic E-state index is 0.0216. The zero-order valence-corrected chi connectivity index (χ0v) is 32.5. The molecule has 0 radical (unpaired) electrons. The summed E-state index contributed by atoms with van der Waals surface area (Å²) < 4.78 is 21.8. The van der Waals surface area contributed by atoms with Crippen LogP contribution < -0.4 is 17.0 Å². The van der Waals surface area contributed by atoms with Gasteiger partial charge < -0.3 is 39.9 Å². The maximum Gasteiger partial charge on any atom is 0.226 e. The lowest BCUT2D eigenvalue weighted by Crippen LogP contribution is -2.45. The molecule has 1 aromatic rings. The van der Waals surface area contributed by atoms with Crippen LogP contribution in [-0.2, 0) is 34.1 Å². The molecule has 5 N–H and O–H groups in total. The van der Waals surface area contributed by atoms with Crippen LogP contribution in [0, 0.1) is 12.3 Å². The van der Waals surface area contributed by atoms with Gasteiger partial charge in [0.2, 0.25) is 11.8 Å². The quantitative estimate of drug-likeness (QED) is 0.0495. The topological polar surface area (TPSA) is 142 Å². The molecule has 0 spiro atoms. The summed E-state index contributed by atoms with van der Waals surface area (Å²) in [6.07, 6.45) is 13.2. The third-order valence-corrected chi connectivity index (χ3v) is 8.13. The number of ether oxygens (including phenoxy) is 4. The summed E-state index contributed by atoms with van der Waals surface area (Å²) in [6.45, 7) is 25.0. The van der Waals surface area contributed by atoms with E-state index in [4.69, 9.17) is 36.9 Å². The molecule has 2 rings (SSSR count). The summed E-state index contributed by atoms with van der Waals surface area (Å²) in [7, 11) is 0. The predicted molar refractivity (Wildman–Crippen MR) is 207 cm³/mol. The first-order valence-corrected chi connectivity index (χ1v) is 18.0. The molecule has 2 amide bonds. The molecule has 286 valence electrons. The number of nitrogens with zero attached hydrogens (tertiary/aromatic N) is 2. The highest BCUT2D eigenvalue weighted by Gasteiger charge is 2.49. The number of benzene rings is 1. The molecule has 1 heterocycles. The van der Waals surface area contributed by atoms with E-state index in [1.54, 1.807) is 11.0 Å². The van der Waals surface area contributed by atoms with Crippen molar-refractivity contribution in [3.8, 4) is 12.3 Å². The highest BCUT2D eigenvalue weighted by molar-refractivity contribution is 5.81. The summed E-state index contributed by atoms with van der Waals surface area (Å²) in [5, 5.41) is 0. The maximum absolute atomic E-state index is 13.6. The Hall–Kier alpha value is -3.92. The van der Waals surface area contributed by atoms with E-state index in [2.05, 4.69) is 43.9 Å². The number of hydrogen-bond donors (Lipinski definition) is 3. The van der Waals surface area contributed by atoms with E-state index in [-0.39, 0.29) is 24.3 Å². The van der Waals surface area contributed by atoms with Crippen LogP contribution in [0.3, 0.4) is 0 Å². The minimum atomic E-state index is -0.677. The number of rotatable bonds is 21. The zero-order chi connectivity index (χ0) is 38.7. The molecule has 0 bridgehead atoms. The highest BCUT2D eigenvalue weighted by Crippen LogP contribution is 2.51. The Kier molecular flexibility index (Phi) is 25.6. The lowest BCUT2D eigenvalue weighted by molar-refractivity contribution is -0.139. The van der Waals surface area contributed by atoms with Crippen LogP contribution in [0.2, 0.25) is 0 Å². The summed E-state index contributed by atoms with van der Waals surface area (Å²) in [5.41, 5.74) is 11.9. The molecule has 0 fully saturated rings. The van der Waals surface area contributed by atoms with Gasteiger partial charge in [0, 0.05) is 31.5 Å². The van der Waals surface area contributed by atoms with E-state index >= 15 is 0 Å². The molecule has 11 nitrogen and oxygen atoms in total. The van der Waals surface area contributed by atoms with Crippen LogP contribution in [0.5, 0.6) is 0 Å². The standard InChI is InChI=1S/C30H41NO5.C8H18N4O.C2H6/c1-7-10-14-27(24(4)8-2)30(6)28-15-12-11-13-26(28)25(5)31(30)29(32)16-17-34-20-21-36-23-22-35-19-18-33-9-3;1-3-8(13)12(4-2)6-7(9)5-11-10;1-2/h1,8,10-15,25H,2,9,16-23H2,3-6H3;5,11H,3-4,6,9-10H2,1-2H3;1-2H3/b14-10-,27-24+;7-5-;. The van der Waals surface area contributed by atoms with Gasteiger partial charge in [-0.25, -0.2) is 0 Å². The van der Waals surface area contributed by atoms with Gasteiger partial charge in [0.15, 0.2) is 0 Å². The second-order valence-electron chi connectivity index (χ2n) is 11.3. The summed E-state index contributed by atoms with van der Waals surface area (Å²) in [4.78, 5) is 28.5. The molecule has 0 aromatic heterocycles. The number of likely N-dealkylation sites (N-methyl/N-ethyl adjacent to an activating group) is 1. The number of terminal acetylenes is 1. The second-order valence-corrected chi connectivity index (χ2v) is 11.3. The van der Waals surface area contributed by atoms with Gasteiger partial charge in [0.25, 0.3) is 0 Å². The summed E-state index contributed by atoms with van der Waals surface area (Å²) in [5.74, 6) is 7.74. The van der Waals surface area contributed by atoms with Gasteiger partial charge in [-0.05, 0) is 69.0 Å². The first kappa shape index (κ1) is 47.1. The first-order chi connectivity index (χ1) is 24.6. The van der Waals surface area contributed by atoms with Crippen LogP contribution in [0.1, 0.15) is 85.4 Å². The minimum Gasteiger partial charge on any atom is -0.399 e. The smallest absolute Gasteiger partial charge is 0.226 e. The van der Waals surface area contributed by atoms with Gasteiger partial charge in [-0.3, -0.25) is 15.4 Å². The first-order valence-electron chi connectivity index (χ1n) is 18.0. The van der Waals surface area contributed by atoms with Crippen LogP contribution >= 0.6 is 0 Å². The van der Waals surface area contributed by atoms with Gasteiger partial charge in [0.05, 0.1) is 70.8 Å². The Bertz CT molecular complexity index is 1300. The SMILES string of the molecule is C#C/C=C\C(=C(\C)C=C)C1(C)c2ccccc2C(C)N1C(=O)CCOCCOCCOCCOCC.CC.CCC(=O)N(CC)C/C(N)=C/NN. The number of nitrogens with one attached hydrogen (secondary N) is 1. The Labute approximate surface area is 308 Å². The van der Waals surface area contributed by atoms with Crippen molar-refractivity contribution in [2.45, 2.75) is 79.8 Å². The fraction of sp³-hybridized carbons (Fsp3) is 0.550. The number of carbonyl (C=O) groups is 2. The van der Waals surface area contributed by atoms with Gasteiger partial charge in [-0.2, -0.15) is 0 Å². The van der Waals surface area contributed by atoms with Crippen molar-refractivity contribution in [1.82, 2.24) is 15.2 Å². The van der Waals surface area contributed by atoms with Crippen LogP contribution in [0.4, 0.5) is 0 Å².